The monoisotopic (exact) mass is 279 g/mol. The first-order valence-corrected chi connectivity index (χ1v) is 7.84. The van der Waals surface area contributed by atoms with E-state index in [0.29, 0.717) is 6.54 Å². The molecule has 0 radical (unpaired) electrons. The molecular weight excluding hydrogens is 253 g/mol. The number of halogens is 1. The van der Waals surface area contributed by atoms with Crippen LogP contribution >= 0.6 is 0 Å². The van der Waals surface area contributed by atoms with Crippen LogP contribution in [-0.4, -0.2) is 24.6 Å². The van der Waals surface area contributed by atoms with Crippen LogP contribution in [0.1, 0.15) is 45.1 Å². The van der Waals surface area contributed by atoms with Gasteiger partial charge in [0.2, 0.25) is 0 Å². The van der Waals surface area contributed by atoms with Gasteiger partial charge in [0.25, 0.3) is 0 Å². The molecule has 1 saturated carbocycles. The maximum atomic E-state index is 13.5. The number of rotatable bonds is 9. The molecule has 1 aliphatic rings. The Morgan fingerprint density at radius 3 is 2.80 bits per heavy atom. The Balaban J connectivity index is 2.12. The molecular formula is C16H26FN3. The summed E-state index contributed by atoms with van der Waals surface area (Å²) in [7, 11) is 0. The third-order valence-corrected chi connectivity index (χ3v) is 3.62. The molecule has 0 saturated heterocycles. The summed E-state index contributed by atoms with van der Waals surface area (Å²) in [6, 6.07) is 1.63. The summed E-state index contributed by atoms with van der Waals surface area (Å²) in [5, 5.41) is 3.35. The first kappa shape index (κ1) is 15.2. The molecule has 0 unspecified atom stereocenters. The predicted molar refractivity (Wildman–Crippen MR) is 81.4 cm³/mol. The van der Waals surface area contributed by atoms with E-state index in [9.17, 15) is 4.39 Å². The highest BCUT2D eigenvalue weighted by Crippen LogP contribution is 2.32. The fraction of sp³-hybridized carbons (Fsp3) is 0.688. The van der Waals surface area contributed by atoms with Gasteiger partial charge in [-0.2, -0.15) is 0 Å². The Morgan fingerprint density at radius 1 is 1.35 bits per heavy atom. The first-order valence-electron chi connectivity index (χ1n) is 7.84. The second kappa shape index (κ2) is 7.58. The van der Waals surface area contributed by atoms with Crippen molar-refractivity contribution in [3.05, 3.63) is 23.6 Å². The van der Waals surface area contributed by atoms with Crippen molar-refractivity contribution in [3.63, 3.8) is 0 Å². The number of anilines is 1. The topological polar surface area (TPSA) is 28.2 Å². The minimum Gasteiger partial charge on any atom is -0.356 e. The highest BCUT2D eigenvalue weighted by molar-refractivity contribution is 5.47. The Kier molecular flexibility index (Phi) is 5.77. The van der Waals surface area contributed by atoms with E-state index in [2.05, 4.69) is 29.0 Å². The van der Waals surface area contributed by atoms with Gasteiger partial charge in [-0.05, 0) is 44.2 Å². The SMILES string of the molecule is CCCNCc1cc(F)cnc1N(CCC)CC1CC1. The summed E-state index contributed by atoms with van der Waals surface area (Å²) in [6.45, 7) is 8.01. The van der Waals surface area contributed by atoms with Crippen LogP contribution in [0.5, 0.6) is 0 Å². The van der Waals surface area contributed by atoms with Crippen molar-refractivity contribution in [3.8, 4) is 0 Å². The molecule has 1 fully saturated rings. The molecule has 2 rings (SSSR count). The van der Waals surface area contributed by atoms with E-state index in [1.807, 2.05) is 0 Å². The molecule has 1 aromatic heterocycles. The van der Waals surface area contributed by atoms with E-state index < -0.39 is 0 Å². The third kappa shape index (κ3) is 4.44. The number of nitrogens with zero attached hydrogens (tertiary/aromatic N) is 2. The van der Waals surface area contributed by atoms with Gasteiger partial charge in [0.05, 0.1) is 6.20 Å². The van der Waals surface area contributed by atoms with Crippen LogP contribution in [0.2, 0.25) is 0 Å². The zero-order chi connectivity index (χ0) is 14.4. The Bertz CT molecular complexity index is 418. The van der Waals surface area contributed by atoms with Gasteiger partial charge in [-0.1, -0.05) is 13.8 Å². The maximum absolute atomic E-state index is 13.5. The van der Waals surface area contributed by atoms with Gasteiger partial charge in [-0.25, -0.2) is 9.37 Å². The lowest BCUT2D eigenvalue weighted by molar-refractivity contribution is 0.606. The van der Waals surface area contributed by atoms with Gasteiger partial charge in [0.1, 0.15) is 11.6 Å². The van der Waals surface area contributed by atoms with Crippen LogP contribution in [0, 0.1) is 11.7 Å². The molecule has 3 nitrogen and oxygen atoms in total. The van der Waals surface area contributed by atoms with Crippen LogP contribution < -0.4 is 10.2 Å². The highest BCUT2D eigenvalue weighted by atomic mass is 19.1. The molecule has 0 aliphatic heterocycles. The van der Waals surface area contributed by atoms with Crippen molar-refractivity contribution >= 4 is 5.82 Å². The zero-order valence-corrected chi connectivity index (χ0v) is 12.7. The van der Waals surface area contributed by atoms with Gasteiger partial charge in [-0.3, -0.25) is 0 Å². The Labute approximate surface area is 121 Å². The van der Waals surface area contributed by atoms with E-state index in [4.69, 9.17) is 0 Å². The van der Waals surface area contributed by atoms with Crippen molar-refractivity contribution in [2.75, 3.05) is 24.5 Å². The number of pyridine rings is 1. The average molecular weight is 279 g/mol. The third-order valence-electron chi connectivity index (χ3n) is 3.62. The summed E-state index contributed by atoms with van der Waals surface area (Å²) in [6.07, 6.45) is 6.16. The summed E-state index contributed by atoms with van der Waals surface area (Å²) in [5.74, 6) is 1.53. The maximum Gasteiger partial charge on any atom is 0.141 e. The molecule has 112 valence electrons. The lowest BCUT2D eigenvalue weighted by Crippen LogP contribution is -2.29. The van der Waals surface area contributed by atoms with Gasteiger partial charge >= 0.3 is 0 Å². The van der Waals surface area contributed by atoms with E-state index in [1.165, 1.54) is 19.0 Å². The normalized spacial score (nSPS) is 14.6. The molecule has 1 heterocycles. The van der Waals surface area contributed by atoms with Crippen LogP contribution in [0.4, 0.5) is 10.2 Å². The molecule has 1 aromatic rings. The van der Waals surface area contributed by atoms with E-state index >= 15 is 0 Å². The minimum atomic E-state index is -0.245. The summed E-state index contributed by atoms with van der Waals surface area (Å²) < 4.78 is 13.5. The molecule has 0 spiro atoms. The molecule has 0 bridgehead atoms. The Morgan fingerprint density at radius 2 is 2.15 bits per heavy atom. The predicted octanol–water partition coefficient (Wildman–Crippen LogP) is 3.35. The quantitative estimate of drug-likeness (QED) is 0.703. The molecule has 1 N–H and O–H groups in total. The Hall–Kier alpha value is -1.16. The highest BCUT2D eigenvalue weighted by Gasteiger charge is 2.25. The minimum absolute atomic E-state index is 0.245. The van der Waals surface area contributed by atoms with Crippen molar-refractivity contribution in [2.24, 2.45) is 5.92 Å². The average Bonchev–Trinajstić information content (AvgIpc) is 3.23. The second-order valence-corrected chi connectivity index (χ2v) is 5.70. The smallest absolute Gasteiger partial charge is 0.141 e. The standard InChI is InChI=1S/C16H26FN3/c1-3-7-18-10-14-9-15(17)11-19-16(14)20(8-4-2)12-13-5-6-13/h9,11,13,18H,3-8,10,12H2,1-2H3. The van der Waals surface area contributed by atoms with Crippen LogP contribution in [0.3, 0.4) is 0 Å². The second-order valence-electron chi connectivity index (χ2n) is 5.70. The molecule has 20 heavy (non-hydrogen) atoms. The molecule has 4 heteroatoms. The fourth-order valence-electron chi connectivity index (χ4n) is 2.45. The largest absolute Gasteiger partial charge is 0.356 e. The van der Waals surface area contributed by atoms with Gasteiger partial charge < -0.3 is 10.2 Å². The number of hydrogen-bond donors (Lipinski definition) is 1. The van der Waals surface area contributed by atoms with E-state index in [0.717, 1.165) is 49.8 Å². The lowest BCUT2D eigenvalue weighted by atomic mass is 10.2. The van der Waals surface area contributed by atoms with Gasteiger partial charge in [-0.15, -0.1) is 0 Å². The lowest BCUT2D eigenvalue weighted by Gasteiger charge is -2.25. The number of aromatic nitrogens is 1. The van der Waals surface area contributed by atoms with Crippen molar-refractivity contribution in [1.82, 2.24) is 10.3 Å². The van der Waals surface area contributed by atoms with E-state index in [1.54, 1.807) is 6.07 Å². The molecule has 0 aromatic carbocycles. The number of nitrogens with one attached hydrogen (secondary N) is 1. The fourth-order valence-corrected chi connectivity index (χ4v) is 2.45. The first-order chi connectivity index (χ1) is 9.74. The number of hydrogen-bond acceptors (Lipinski definition) is 3. The molecule has 0 amide bonds. The molecule has 1 aliphatic carbocycles. The summed E-state index contributed by atoms with van der Waals surface area (Å²) >= 11 is 0. The van der Waals surface area contributed by atoms with Crippen LogP contribution in [0.15, 0.2) is 12.3 Å². The molecule has 0 atom stereocenters. The van der Waals surface area contributed by atoms with Crippen molar-refractivity contribution < 1.29 is 4.39 Å². The van der Waals surface area contributed by atoms with Crippen LogP contribution in [-0.2, 0) is 6.54 Å². The van der Waals surface area contributed by atoms with Gasteiger partial charge in [0.15, 0.2) is 0 Å². The summed E-state index contributed by atoms with van der Waals surface area (Å²) in [5.41, 5.74) is 0.979. The summed E-state index contributed by atoms with van der Waals surface area (Å²) in [4.78, 5) is 6.70. The zero-order valence-electron chi connectivity index (χ0n) is 12.7. The van der Waals surface area contributed by atoms with Crippen molar-refractivity contribution in [1.29, 1.82) is 0 Å². The van der Waals surface area contributed by atoms with Crippen LogP contribution in [0.25, 0.3) is 0 Å². The van der Waals surface area contributed by atoms with E-state index in [-0.39, 0.29) is 5.82 Å². The van der Waals surface area contributed by atoms with Crippen molar-refractivity contribution in [2.45, 2.75) is 46.1 Å². The van der Waals surface area contributed by atoms with Gasteiger partial charge in [0, 0.05) is 25.2 Å².